The smallest absolute Gasteiger partial charge is 0.310 e. The van der Waals surface area contributed by atoms with E-state index in [9.17, 15) is 20.0 Å². The van der Waals surface area contributed by atoms with Gasteiger partial charge in [-0.1, -0.05) is 13.8 Å². The molecule has 0 saturated carbocycles. The molecule has 1 aromatic carbocycles. The number of phenolic OH excluding ortho intramolecular Hbond substituents is 1. The van der Waals surface area contributed by atoms with E-state index in [1.807, 2.05) is 20.8 Å². The normalized spacial score (nSPS) is 13.8. The van der Waals surface area contributed by atoms with E-state index >= 15 is 0 Å². The lowest BCUT2D eigenvalue weighted by Gasteiger charge is -2.33. The Morgan fingerprint density at radius 3 is 2.55 bits per heavy atom. The van der Waals surface area contributed by atoms with Gasteiger partial charge in [0, 0.05) is 18.2 Å². The fourth-order valence-corrected chi connectivity index (χ4v) is 1.58. The number of aromatic hydroxyl groups is 1. The molecule has 110 valence electrons. The summed E-state index contributed by atoms with van der Waals surface area (Å²) in [5.41, 5.74) is 4.79. The molecule has 0 spiro atoms. The van der Waals surface area contributed by atoms with Crippen LogP contribution in [0.4, 0.5) is 5.69 Å². The van der Waals surface area contributed by atoms with E-state index in [0.717, 1.165) is 12.1 Å². The van der Waals surface area contributed by atoms with Gasteiger partial charge in [-0.2, -0.15) is 0 Å². The molecule has 1 rings (SSSR count). The molecule has 0 aromatic heterocycles. The van der Waals surface area contributed by atoms with Crippen LogP contribution in [0.15, 0.2) is 18.2 Å². The summed E-state index contributed by atoms with van der Waals surface area (Å²) >= 11 is 0. The molecule has 7 heteroatoms. The molecule has 0 aliphatic heterocycles. The molecule has 1 atom stereocenters. The average Bonchev–Trinajstić information content (AvgIpc) is 2.37. The lowest BCUT2D eigenvalue weighted by atomic mass is 9.88. The van der Waals surface area contributed by atoms with Crippen molar-refractivity contribution in [3.63, 3.8) is 0 Å². The van der Waals surface area contributed by atoms with E-state index in [1.54, 1.807) is 0 Å². The summed E-state index contributed by atoms with van der Waals surface area (Å²) in [4.78, 5) is 22.0. The van der Waals surface area contributed by atoms with Crippen molar-refractivity contribution < 1.29 is 14.8 Å². The zero-order chi connectivity index (χ0) is 15.5. The summed E-state index contributed by atoms with van der Waals surface area (Å²) < 4.78 is 0. The summed E-state index contributed by atoms with van der Waals surface area (Å²) in [5.74, 6) is -0.860. The van der Waals surface area contributed by atoms with Gasteiger partial charge in [-0.3, -0.25) is 14.9 Å². The Labute approximate surface area is 116 Å². The maximum Gasteiger partial charge on any atom is 0.310 e. The van der Waals surface area contributed by atoms with Crippen molar-refractivity contribution in [1.29, 1.82) is 0 Å². The number of nitrogens with zero attached hydrogens (tertiary/aromatic N) is 1. The van der Waals surface area contributed by atoms with Crippen LogP contribution in [0.5, 0.6) is 5.75 Å². The summed E-state index contributed by atoms with van der Waals surface area (Å²) in [6.45, 7) is 5.94. The fourth-order valence-electron chi connectivity index (χ4n) is 1.58. The predicted molar refractivity (Wildman–Crippen MR) is 74.5 cm³/mol. The Balaban J connectivity index is 2.99. The van der Waals surface area contributed by atoms with Gasteiger partial charge in [0.2, 0.25) is 0 Å². The Morgan fingerprint density at radius 1 is 1.55 bits per heavy atom. The molecule has 0 heterocycles. The van der Waals surface area contributed by atoms with Crippen LogP contribution in [0.25, 0.3) is 0 Å². The Morgan fingerprint density at radius 2 is 2.15 bits per heavy atom. The molecule has 4 N–H and O–H groups in total. The summed E-state index contributed by atoms with van der Waals surface area (Å²) in [6.07, 6.45) is 0. The minimum atomic E-state index is -0.713. The third-order valence-electron chi connectivity index (χ3n) is 3.53. The van der Waals surface area contributed by atoms with Gasteiger partial charge in [0.05, 0.1) is 10.5 Å². The highest BCUT2D eigenvalue weighted by atomic mass is 16.6. The van der Waals surface area contributed by atoms with Gasteiger partial charge in [-0.05, 0) is 25.0 Å². The minimum Gasteiger partial charge on any atom is -0.502 e. The van der Waals surface area contributed by atoms with Crippen LogP contribution in [-0.4, -0.2) is 28.0 Å². The molecule has 0 saturated heterocycles. The summed E-state index contributed by atoms with van der Waals surface area (Å²) in [6, 6.07) is 3.47. The second-order valence-corrected chi connectivity index (χ2v) is 5.19. The molecule has 7 nitrogen and oxygen atoms in total. The molecular weight excluding hydrogens is 262 g/mol. The Hall–Kier alpha value is -2.15. The third kappa shape index (κ3) is 3.24. The predicted octanol–water partition coefficient (Wildman–Crippen LogP) is 1.40. The zero-order valence-corrected chi connectivity index (χ0v) is 11.7. The van der Waals surface area contributed by atoms with Crippen LogP contribution in [-0.2, 0) is 0 Å². The van der Waals surface area contributed by atoms with Crippen molar-refractivity contribution >= 4 is 11.6 Å². The lowest BCUT2D eigenvalue weighted by molar-refractivity contribution is -0.385. The first kappa shape index (κ1) is 15.9. The number of rotatable bonds is 5. The molecule has 1 amide bonds. The van der Waals surface area contributed by atoms with Crippen molar-refractivity contribution in [3.05, 3.63) is 33.9 Å². The number of nitro benzene ring substituents is 1. The quantitative estimate of drug-likeness (QED) is 0.557. The third-order valence-corrected chi connectivity index (χ3v) is 3.53. The van der Waals surface area contributed by atoms with Crippen LogP contribution in [0, 0.1) is 16.0 Å². The largest absolute Gasteiger partial charge is 0.502 e. The average molecular weight is 281 g/mol. The van der Waals surface area contributed by atoms with Gasteiger partial charge in [0.1, 0.15) is 0 Å². The van der Waals surface area contributed by atoms with E-state index in [4.69, 9.17) is 5.73 Å². The number of benzene rings is 1. The van der Waals surface area contributed by atoms with Crippen molar-refractivity contribution in [2.75, 3.05) is 6.54 Å². The summed E-state index contributed by atoms with van der Waals surface area (Å²) in [5, 5.41) is 22.9. The molecule has 1 unspecified atom stereocenters. The molecule has 0 radical (unpaired) electrons. The van der Waals surface area contributed by atoms with Crippen molar-refractivity contribution in [1.82, 2.24) is 5.32 Å². The first-order chi connectivity index (χ1) is 9.21. The highest BCUT2D eigenvalue weighted by molar-refractivity contribution is 5.95. The van der Waals surface area contributed by atoms with E-state index < -0.39 is 27.8 Å². The molecule has 0 aliphatic carbocycles. The molecule has 0 aliphatic rings. The summed E-state index contributed by atoms with van der Waals surface area (Å²) in [7, 11) is 0. The number of hydrogen-bond donors (Lipinski definition) is 3. The van der Waals surface area contributed by atoms with Crippen molar-refractivity contribution in [2.45, 2.75) is 26.3 Å². The number of nitro groups is 1. The van der Waals surface area contributed by atoms with Crippen LogP contribution in [0.3, 0.4) is 0 Å². The number of amides is 1. The number of carbonyl (C=O) groups excluding carboxylic acids is 1. The number of hydrogen-bond acceptors (Lipinski definition) is 5. The number of nitrogens with two attached hydrogens (primary N) is 1. The van der Waals surface area contributed by atoms with Crippen LogP contribution >= 0.6 is 0 Å². The highest BCUT2D eigenvalue weighted by Crippen LogP contribution is 2.26. The standard InChI is InChI=1S/C13H19N3O4/c1-8(2)13(3,7-14)15-12(18)9-4-5-10(16(19)20)11(17)6-9/h4-6,8,17H,7,14H2,1-3H3,(H,15,18). The van der Waals surface area contributed by atoms with E-state index in [-0.39, 0.29) is 18.0 Å². The highest BCUT2D eigenvalue weighted by Gasteiger charge is 2.29. The maximum atomic E-state index is 12.1. The van der Waals surface area contributed by atoms with Crippen LogP contribution in [0.2, 0.25) is 0 Å². The number of nitrogens with one attached hydrogen (secondary N) is 1. The van der Waals surface area contributed by atoms with Gasteiger partial charge in [0.25, 0.3) is 5.91 Å². The zero-order valence-electron chi connectivity index (χ0n) is 11.7. The van der Waals surface area contributed by atoms with Crippen LogP contribution in [0.1, 0.15) is 31.1 Å². The van der Waals surface area contributed by atoms with Gasteiger partial charge in [0.15, 0.2) is 5.75 Å². The fraction of sp³-hybridized carbons (Fsp3) is 0.462. The molecule has 0 bridgehead atoms. The van der Waals surface area contributed by atoms with Crippen LogP contribution < -0.4 is 11.1 Å². The maximum absolute atomic E-state index is 12.1. The second kappa shape index (κ2) is 5.87. The molecule has 20 heavy (non-hydrogen) atoms. The van der Waals surface area contributed by atoms with Crippen molar-refractivity contribution in [3.8, 4) is 5.75 Å². The Bertz CT molecular complexity index is 530. The van der Waals surface area contributed by atoms with Gasteiger partial charge < -0.3 is 16.2 Å². The van der Waals surface area contributed by atoms with E-state index in [1.165, 1.54) is 6.07 Å². The molecule has 0 fully saturated rings. The van der Waals surface area contributed by atoms with Gasteiger partial charge in [-0.15, -0.1) is 0 Å². The Kier molecular flexibility index (Phi) is 4.67. The van der Waals surface area contributed by atoms with Crippen molar-refractivity contribution in [2.24, 2.45) is 11.7 Å². The molecular formula is C13H19N3O4. The number of carbonyl (C=O) groups is 1. The monoisotopic (exact) mass is 281 g/mol. The molecule has 1 aromatic rings. The second-order valence-electron chi connectivity index (χ2n) is 5.19. The first-order valence-electron chi connectivity index (χ1n) is 6.21. The lowest BCUT2D eigenvalue weighted by Crippen LogP contribution is -2.55. The van der Waals surface area contributed by atoms with Gasteiger partial charge >= 0.3 is 5.69 Å². The van der Waals surface area contributed by atoms with Gasteiger partial charge in [-0.25, -0.2) is 0 Å². The first-order valence-corrected chi connectivity index (χ1v) is 6.21. The SMILES string of the molecule is CC(C)C(C)(CN)NC(=O)c1ccc([N+](=O)[O-])c(O)c1. The number of phenols is 1. The van der Waals surface area contributed by atoms with E-state index in [0.29, 0.717) is 0 Å². The topological polar surface area (TPSA) is 118 Å². The minimum absolute atomic E-state index is 0.114. The van der Waals surface area contributed by atoms with E-state index in [2.05, 4.69) is 5.32 Å².